The van der Waals surface area contributed by atoms with Crippen molar-refractivity contribution in [2.24, 2.45) is 0 Å². The summed E-state index contributed by atoms with van der Waals surface area (Å²) in [5, 5.41) is 25.4. The van der Waals surface area contributed by atoms with Gasteiger partial charge in [-0.2, -0.15) is 0 Å². The van der Waals surface area contributed by atoms with Crippen LogP contribution in [0.25, 0.3) is 0 Å². The van der Waals surface area contributed by atoms with Gasteiger partial charge in [-0.25, -0.2) is 9.59 Å². The molecule has 0 aliphatic carbocycles. The minimum absolute atomic E-state index is 0.0491. The summed E-state index contributed by atoms with van der Waals surface area (Å²) in [4.78, 5) is 53.1. The second kappa shape index (κ2) is 15.7. The molecular formula is C31H38N4O7S. The highest BCUT2D eigenvalue weighted by Crippen LogP contribution is 2.20. The molecule has 0 bridgehead atoms. The van der Waals surface area contributed by atoms with Crippen molar-refractivity contribution in [3.05, 3.63) is 98.2 Å². The number of ether oxygens (including phenoxy) is 1. The summed E-state index contributed by atoms with van der Waals surface area (Å²) in [5.41, 5.74) is 0.753. The Balaban J connectivity index is 1.75. The van der Waals surface area contributed by atoms with Crippen LogP contribution < -0.4 is 5.32 Å². The van der Waals surface area contributed by atoms with Crippen molar-refractivity contribution in [2.45, 2.75) is 71.3 Å². The Morgan fingerprint density at radius 2 is 1.58 bits per heavy atom. The summed E-state index contributed by atoms with van der Waals surface area (Å²) in [7, 11) is 0. The molecule has 1 atom stereocenters. The molecule has 0 saturated carbocycles. The molecule has 0 fully saturated rings. The number of benzene rings is 2. The summed E-state index contributed by atoms with van der Waals surface area (Å²) in [6, 6.07) is 18.2. The van der Waals surface area contributed by atoms with Crippen molar-refractivity contribution < 1.29 is 29.2 Å². The van der Waals surface area contributed by atoms with Crippen LogP contribution in [0.2, 0.25) is 0 Å². The van der Waals surface area contributed by atoms with Crippen LogP contribution in [-0.2, 0) is 29.2 Å². The molecule has 1 aromatic heterocycles. The van der Waals surface area contributed by atoms with Crippen LogP contribution in [0.1, 0.15) is 56.0 Å². The molecule has 1 heterocycles. The van der Waals surface area contributed by atoms with Crippen LogP contribution in [0.4, 0.5) is 15.3 Å². The highest BCUT2D eigenvalue weighted by molar-refractivity contribution is 7.09. The fraction of sp³-hybridized carbons (Fsp3) is 0.387. The van der Waals surface area contributed by atoms with E-state index in [2.05, 4.69) is 5.32 Å². The first-order chi connectivity index (χ1) is 20.4. The van der Waals surface area contributed by atoms with Crippen molar-refractivity contribution in [2.75, 3.05) is 6.54 Å². The lowest BCUT2D eigenvalue weighted by Gasteiger charge is -2.29. The first kappa shape index (κ1) is 33.1. The number of non-ortho nitro benzene ring substituents is 1. The van der Waals surface area contributed by atoms with E-state index in [1.807, 2.05) is 47.8 Å². The van der Waals surface area contributed by atoms with Gasteiger partial charge in [0.1, 0.15) is 11.6 Å². The predicted octanol–water partition coefficient (Wildman–Crippen LogP) is 6.43. The molecule has 11 nitrogen and oxygen atoms in total. The largest absolute Gasteiger partial charge is 0.465 e. The standard InChI is InChI=1S/C31H38N4O7S/c1-31(2,3)42-29(37)32-27(13-7-8-18-33(30(38)39)20-23-10-5-4-6-11-23)28(36)34(22-26-12-9-19-43-26)21-24-14-16-25(17-15-24)35(40)41/h4-6,9-12,14-17,19,27H,7-8,13,18,20-22H2,1-3H3,(H,32,37)(H,38,39). The Bertz CT molecular complexity index is 1340. The molecular weight excluding hydrogens is 572 g/mol. The number of nitro groups is 1. The zero-order valence-electron chi connectivity index (χ0n) is 24.6. The maximum absolute atomic E-state index is 14.0. The van der Waals surface area contributed by atoms with Gasteiger partial charge in [-0.1, -0.05) is 48.5 Å². The van der Waals surface area contributed by atoms with Crippen LogP contribution >= 0.6 is 11.3 Å². The highest BCUT2D eigenvalue weighted by Gasteiger charge is 2.29. The third-order valence-corrected chi connectivity index (χ3v) is 7.27. The van der Waals surface area contributed by atoms with Gasteiger partial charge in [-0.15, -0.1) is 11.3 Å². The first-order valence-electron chi connectivity index (χ1n) is 14.0. The summed E-state index contributed by atoms with van der Waals surface area (Å²) >= 11 is 1.49. The fourth-order valence-electron chi connectivity index (χ4n) is 4.37. The van der Waals surface area contributed by atoms with E-state index in [-0.39, 0.29) is 44.2 Å². The van der Waals surface area contributed by atoms with Crippen LogP contribution in [0.3, 0.4) is 0 Å². The van der Waals surface area contributed by atoms with Gasteiger partial charge < -0.3 is 25.0 Å². The first-order valence-corrected chi connectivity index (χ1v) is 14.8. The Kier molecular flexibility index (Phi) is 12.1. The average molecular weight is 611 g/mol. The van der Waals surface area contributed by atoms with E-state index in [0.717, 1.165) is 10.4 Å². The van der Waals surface area contributed by atoms with E-state index >= 15 is 0 Å². The molecule has 0 saturated heterocycles. The monoisotopic (exact) mass is 610 g/mol. The Hall–Kier alpha value is -4.45. The molecule has 12 heteroatoms. The minimum atomic E-state index is -1.03. The van der Waals surface area contributed by atoms with Crippen LogP contribution in [-0.4, -0.2) is 56.1 Å². The SMILES string of the molecule is CC(C)(C)OC(=O)NC(CCCCN(Cc1ccccc1)C(=O)O)C(=O)N(Cc1ccc([N+](=O)[O-])cc1)Cc1cccs1. The number of nitrogens with zero attached hydrogens (tertiary/aromatic N) is 3. The number of hydrogen-bond donors (Lipinski definition) is 2. The van der Waals surface area contributed by atoms with Gasteiger partial charge in [-0.05, 0) is 62.6 Å². The number of carbonyl (C=O) groups is 3. The van der Waals surface area contributed by atoms with Gasteiger partial charge in [0.15, 0.2) is 0 Å². The van der Waals surface area contributed by atoms with E-state index in [9.17, 15) is 29.6 Å². The molecule has 0 radical (unpaired) electrons. The second-order valence-electron chi connectivity index (χ2n) is 11.1. The molecule has 0 aliphatic heterocycles. The quantitative estimate of drug-likeness (QED) is 0.122. The van der Waals surface area contributed by atoms with Gasteiger partial charge >= 0.3 is 12.2 Å². The molecule has 2 aromatic carbocycles. The third kappa shape index (κ3) is 11.4. The Morgan fingerprint density at radius 1 is 0.930 bits per heavy atom. The van der Waals surface area contributed by atoms with Gasteiger partial charge in [0.2, 0.25) is 5.91 Å². The summed E-state index contributed by atoms with van der Waals surface area (Å²) in [6.45, 7) is 6.16. The van der Waals surface area contributed by atoms with Crippen molar-refractivity contribution in [1.82, 2.24) is 15.1 Å². The summed E-state index contributed by atoms with van der Waals surface area (Å²) in [5.74, 6) is -0.336. The van der Waals surface area contributed by atoms with Crippen molar-refractivity contribution in [1.29, 1.82) is 0 Å². The van der Waals surface area contributed by atoms with Gasteiger partial charge in [0.05, 0.1) is 11.5 Å². The molecule has 230 valence electrons. The summed E-state index contributed by atoms with van der Waals surface area (Å²) < 4.78 is 5.43. The van der Waals surface area contributed by atoms with Gasteiger partial charge in [-0.3, -0.25) is 14.9 Å². The number of amides is 3. The van der Waals surface area contributed by atoms with Crippen molar-refractivity contribution in [3.8, 4) is 0 Å². The number of alkyl carbamates (subject to hydrolysis) is 1. The highest BCUT2D eigenvalue weighted by atomic mass is 32.1. The lowest BCUT2D eigenvalue weighted by Crippen LogP contribution is -2.49. The number of carbonyl (C=O) groups excluding carboxylic acids is 2. The second-order valence-corrected chi connectivity index (χ2v) is 12.1. The zero-order valence-corrected chi connectivity index (χ0v) is 25.4. The van der Waals surface area contributed by atoms with E-state index < -0.39 is 28.8 Å². The van der Waals surface area contributed by atoms with E-state index in [4.69, 9.17) is 4.74 Å². The van der Waals surface area contributed by atoms with E-state index in [1.165, 1.54) is 28.4 Å². The molecule has 1 unspecified atom stereocenters. The number of rotatable bonds is 14. The molecule has 0 spiro atoms. The maximum atomic E-state index is 14.0. The number of hydrogen-bond acceptors (Lipinski definition) is 7. The van der Waals surface area contributed by atoms with Crippen LogP contribution in [0, 0.1) is 10.1 Å². The van der Waals surface area contributed by atoms with E-state index in [1.54, 1.807) is 37.8 Å². The fourth-order valence-corrected chi connectivity index (χ4v) is 5.09. The zero-order chi connectivity index (χ0) is 31.4. The number of nitrogens with one attached hydrogen (secondary N) is 1. The van der Waals surface area contributed by atoms with Crippen molar-refractivity contribution in [3.63, 3.8) is 0 Å². The third-order valence-electron chi connectivity index (χ3n) is 6.41. The lowest BCUT2D eigenvalue weighted by molar-refractivity contribution is -0.384. The lowest BCUT2D eigenvalue weighted by atomic mass is 10.1. The normalized spacial score (nSPS) is 11.8. The van der Waals surface area contributed by atoms with Crippen LogP contribution in [0.5, 0.6) is 0 Å². The number of nitro benzene ring substituents is 1. The molecule has 3 amide bonds. The Morgan fingerprint density at radius 3 is 2.16 bits per heavy atom. The maximum Gasteiger partial charge on any atom is 0.408 e. The average Bonchev–Trinajstić information content (AvgIpc) is 3.46. The number of unbranched alkanes of at least 4 members (excludes halogenated alkanes) is 1. The molecule has 43 heavy (non-hydrogen) atoms. The minimum Gasteiger partial charge on any atom is -0.465 e. The molecule has 3 aromatic rings. The Labute approximate surface area is 255 Å². The number of thiophene rings is 1. The van der Waals surface area contributed by atoms with Crippen LogP contribution in [0.15, 0.2) is 72.1 Å². The van der Waals surface area contributed by atoms with E-state index in [0.29, 0.717) is 18.4 Å². The smallest absolute Gasteiger partial charge is 0.408 e. The topological polar surface area (TPSA) is 142 Å². The number of carboxylic acid groups (broad SMARTS) is 1. The predicted molar refractivity (Wildman–Crippen MR) is 164 cm³/mol. The van der Waals surface area contributed by atoms with Crippen molar-refractivity contribution >= 4 is 35.1 Å². The summed E-state index contributed by atoms with van der Waals surface area (Å²) in [6.07, 6.45) is -0.554. The molecule has 0 aliphatic rings. The van der Waals surface area contributed by atoms with Gasteiger partial charge in [0.25, 0.3) is 5.69 Å². The van der Waals surface area contributed by atoms with Gasteiger partial charge in [0, 0.05) is 36.6 Å². The molecule has 2 N–H and O–H groups in total. The molecule has 3 rings (SSSR count).